The maximum atomic E-state index is 10.7. The number of alkyl halides is 3. The van der Waals surface area contributed by atoms with Gasteiger partial charge < -0.3 is 9.45 Å². The minimum absolute atomic E-state index is 0.478. The molecule has 0 saturated heterocycles. The summed E-state index contributed by atoms with van der Waals surface area (Å²) in [6, 6.07) is 5.25. The standard InChI is InChI=1S/C10H13ClN3.CHF3O3S/c1-3-14(4-2)10-6-5-8(13-12)7-9(10)11;2-1(3,4)8(5,6)7/h5-7H,3-4H2,1-2H3;(H,5,6,7)/q+1;/p-1. The fraction of sp³-hybridized carbons (Fsp3) is 0.455. The van der Waals surface area contributed by atoms with E-state index in [-0.39, 0.29) is 0 Å². The summed E-state index contributed by atoms with van der Waals surface area (Å²) in [7, 11) is -6.09. The minimum atomic E-state index is -6.09. The van der Waals surface area contributed by atoms with Crippen molar-refractivity contribution in [3.8, 4) is 0 Å². The molecule has 0 aromatic heterocycles. The van der Waals surface area contributed by atoms with Crippen molar-refractivity contribution in [1.82, 2.24) is 0 Å². The van der Waals surface area contributed by atoms with Gasteiger partial charge in [0.15, 0.2) is 15.1 Å². The molecule has 0 bridgehead atoms. The second kappa shape index (κ2) is 8.17. The lowest BCUT2D eigenvalue weighted by molar-refractivity contribution is -0.0517. The molecule has 6 nitrogen and oxygen atoms in total. The Balaban J connectivity index is 0.000000472. The molecule has 0 saturated carbocycles. The summed E-state index contributed by atoms with van der Waals surface area (Å²) in [5, 5.41) is 9.17. The molecule has 1 aromatic rings. The Labute approximate surface area is 130 Å². The molecule has 22 heavy (non-hydrogen) atoms. The van der Waals surface area contributed by atoms with Crippen LogP contribution in [0.15, 0.2) is 18.2 Å². The van der Waals surface area contributed by atoms with E-state index in [1.807, 2.05) is 6.07 Å². The largest absolute Gasteiger partial charge is 0.741 e. The van der Waals surface area contributed by atoms with Crippen LogP contribution in [0.25, 0.3) is 4.98 Å². The molecule has 0 heterocycles. The monoisotopic (exact) mass is 359 g/mol. The van der Waals surface area contributed by atoms with Crippen molar-refractivity contribution in [2.45, 2.75) is 19.4 Å². The molecule has 0 unspecified atom stereocenters. The highest BCUT2D eigenvalue weighted by molar-refractivity contribution is 7.86. The summed E-state index contributed by atoms with van der Waals surface area (Å²) >= 11 is 6.05. The predicted octanol–water partition coefficient (Wildman–Crippen LogP) is 3.72. The first-order valence-electron chi connectivity index (χ1n) is 5.89. The lowest BCUT2D eigenvalue weighted by Crippen LogP contribution is -2.21. The predicted molar refractivity (Wildman–Crippen MR) is 75.5 cm³/mol. The van der Waals surface area contributed by atoms with Gasteiger partial charge in [-0.3, -0.25) is 0 Å². The minimum Gasteiger partial charge on any atom is -0.741 e. The number of hydrogen-bond acceptors (Lipinski definition) is 5. The molecular formula is C11H13ClF3N3O3S. The summed E-state index contributed by atoms with van der Waals surface area (Å²) in [5.74, 6) is 0. The smallest absolute Gasteiger partial charge is 0.485 e. The van der Waals surface area contributed by atoms with Crippen molar-refractivity contribution in [2.75, 3.05) is 18.0 Å². The molecule has 0 fully saturated rings. The lowest BCUT2D eigenvalue weighted by Gasteiger charge is -2.21. The van der Waals surface area contributed by atoms with E-state index in [9.17, 15) is 13.2 Å². The van der Waals surface area contributed by atoms with Gasteiger partial charge >= 0.3 is 11.2 Å². The highest BCUT2D eigenvalue weighted by atomic mass is 35.5. The van der Waals surface area contributed by atoms with Crippen LogP contribution in [0.1, 0.15) is 13.8 Å². The molecule has 0 aliphatic carbocycles. The first kappa shape index (κ1) is 20.4. The van der Waals surface area contributed by atoms with E-state index in [0.29, 0.717) is 10.7 Å². The average Bonchev–Trinajstić information content (AvgIpc) is 2.40. The van der Waals surface area contributed by atoms with E-state index < -0.39 is 15.6 Å². The third-order valence-corrected chi connectivity index (χ3v) is 3.30. The summed E-state index contributed by atoms with van der Waals surface area (Å²) in [6.45, 7) is 5.96. The number of hydrogen-bond donors (Lipinski definition) is 0. The number of rotatable bonds is 3. The zero-order chi connectivity index (χ0) is 17.6. The van der Waals surface area contributed by atoms with Crippen LogP contribution in [0.4, 0.5) is 24.5 Å². The van der Waals surface area contributed by atoms with Crippen molar-refractivity contribution < 1.29 is 26.1 Å². The molecule has 0 atom stereocenters. The fourth-order valence-corrected chi connectivity index (χ4v) is 1.67. The van der Waals surface area contributed by atoms with Crippen LogP contribution < -0.4 is 4.90 Å². The van der Waals surface area contributed by atoms with E-state index in [2.05, 4.69) is 23.7 Å². The Morgan fingerprint density at radius 1 is 1.32 bits per heavy atom. The van der Waals surface area contributed by atoms with Crippen molar-refractivity contribution in [3.05, 3.63) is 28.2 Å². The quantitative estimate of drug-likeness (QED) is 0.466. The molecule has 0 amide bonds. The molecule has 124 valence electrons. The maximum Gasteiger partial charge on any atom is 0.485 e. The summed E-state index contributed by atoms with van der Waals surface area (Å²) in [5.41, 5.74) is -4.19. The number of halogens is 4. The van der Waals surface area contributed by atoms with Crippen LogP contribution in [0, 0.1) is 5.39 Å². The van der Waals surface area contributed by atoms with Crippen molar-refractivity contribution in [1.29, 1.82) is 5.39 Å². The third kappa shape index (κ3) is 6.05. The molecule has 0 radical (unpaired) electrons. The van der Waals surface area contributed by atoms with Gasteiger partial charge in [0.05, 0.1) is 16.8 Å². The zero-order valence-corrected chi connectivity index (χ0v) is 13.2. The molecular weight excluding hydrogens is 347 g/mol. The van der Waals surface area contributed by atoms with Crippen molar-refractivity contribution in [2.24, 2.45) is 0 Å². The summed E-state index contributed by atoms with van der Waals surface area (Å²) < 4.78 is 58.9. The molecule has 1 aromatic carbocycles. The summed E-state index contributed by atoms with van der Waals surface area (Å²) in [6.07, 6.45) is 0. The molecule has 11 heteroatoms. The Kier molecular flexibility index (Phi) is 7.58. The van der Waals surface area contributed by atoms with Crippen molar-refractivity contribution in [3.63, 3.8) is 0 Å². The third-order valence-electron chi connectivity index (χ3n) is 2.43. The fourth-order valence-electron chi connectivity index (χ4n) is 1.38. The highest BCUT2D eigenvalue weighted by Gasteiger charge is 2.36. The average molecular weight is 360 g/mol. The first-order valence-corrected chi connectivity index (χ1v) is 7.68. The Bertz CT molecular complexity index is 640. The Hall–Kier alpha value is -1.57. The SMILES string of the molecule is CCN(CC)c1ccc([N+]#N)cc1Cl.O=S(=O)([O-])C(F)(F)F. The molecule has 0 aliphatic heterocycles. The zero-order valence-electron chi connectivity index (χ0n) is 11.6. The number of diazo groups is 1. The van der Waals surface area contributed by atoms with E-state index >= 15 is 0 Å². The van der Waals surface area contributed by atoms with Gasteiger partial charge in [-0.05, 0) is 19.9 Å². The number of nitrogens with zero attached hydrogens (tertiary/aromatic N) is 3. The van der Waals surface area contributed by atoms with E-state index in [4.69, 9.17) is 30.0 Å². The van der Waals surface area contributed by atoms with E-state index in [0.717, 1.165) is 18.8 Å². The number of benzene rings is 1. The van der Waals surface area contributed by atoms with Gasteiger partial charge in [0.1, 0.15) is 0 Å². The van der Waals surface area contributed by atoms with Crippen LogP contribution in [0.3, 0.4) is 0 Å². The van der Waals surface area contributed by atoms with Gasteiger partial charge in [0.25, 0.3) is 0 Å². The van der Waals surface area contributed by atoms with Gasteiger partial charge in [-0.1, -0.05) is 11.6 Å². The first-order chi connectivity index (χ1) is 9.97. The Morgan fingerprint density at radius 2 is 1.77 bits per heavy atom. The topological polar surface area (TPSA) is 88.6 Å². The normalized spacial score (nSPS) is 11.2. The van der Waals surface area contributed by atoms with Gasteiger partial charge in [-0.25, -0.2) is 8.42 Å². The molecule has 0 N–H and O–H groups in total. The van der Waals surface area contributed by atoms with Crippen LogP contribution in [-0.4, -0.2) is 31.6 Å². The van der Waals surface area contributed by atoms with E-state index in [1.165, 1.54) is 0 Å². The maximum absolute atomic E-state index is 10.7. The van der Waals surface area contributed by atoms with Gasteiger partial charge in [0, 0.05) is 19.2 Å². The van der Waals surface area contributed by atoms with Crippen LogP contribution in [-0.2, 0) is 10.1 Å². The summed E-state index contributed by atoms with van der Waals surface area (Å²) in [4.78, 5) is 5.22. The highest BCUT2D eigenvalue weighted by Crippen LogP contribution is 2.29. The van der Waals surface area contributed by atoms with Gasteiger partial charge in [-0.15, -0.1) is 0 Å². The number of anilines is 1. The molecule has 0 spiro atoms. The molecule has 0 aliphatic rings. The van der Waals surface area contributed by atoms with Gasteiger partial charge in [-0.2, -0.15) is 13.2 Å². The van der Waals surface area contributed by atoms with Crippen molar-refractivity contribution >= 4 is 33.1 Å². The van der Waals surface area contributed by atoms with Crippen LogP contribution >= 0.6 is 11.6 Å². The Morgan fingerprint density at radius 3 is 2.05 bits per heavy atom. The second-order valence-corrected chi connectivity index (χ2v) is 5.59. The van der Waals surface area contributed by atoms with Crippen LogP contribution in [0.2, 0.25) is 5.02 Å². The second-order valence-electron chi connectivity index (χ2n) is 3.81. The van der Waals surface area contributed by atoms with Gasteiger partial charge in [0.2, 0.25) is 5.39 Å². The lowest BCUT2D eigenvalue weighted by atomic mass is 10.2. The van der Waals surface area contributed by atoms with E-state index in [1.54, 1.807) is 12.1 Å². The molecule has 1 rings (SSSR count). The van der Waals surface area contributed by atoms with Crippen LogP contribution in [0.5, 0.6) is 0 Å².